The molecule has 1 aromatic heterocycles. The monoisotopic (exact) mass is 275 g/mol. The molecule has 2 heterocycles. The van der Waals surface area contributed by atoms with E-state index in [9.17, 15) is 5.26 Å². The lowest BCUT2D eigenvalue weighted by atomic mass is 10.0. The number of methoxy groups -OCH3 is 1. The van der Waals surface area contributed by atoms with Crippen LogP contribution in [0.4, 0.5) is 5.82 Å². The first-order valence-corrected chi connectivity index (χ1v) is 6.74. The highest BCUT2D eigenvalue weighted by Gasteiger charge is 2.34. The fourth-order valence-electron chi connectivity index (χ4n) is 2.65. The van der Waals surface area contributed by atoms with Crippen LogP contribution in [0.25, 0.3) is 0 Å². The second kappa shape index (κ2) is 5.78. The lowest BCUT2D eigenvalue weighted by molar-refractivity contribution is -0.106. The van der Waals surface area contributed by atoms with Gasteiger partial charge in [-0.05, 0) is 32.4 Å². The van der Waals surface area contributed by atoms with Gasteiger partial charge in [-0.3, -0.25) is 0 Å². The van der Waals surface area contributed by atoms with E-state index in [4.69, 9.17) is 9.47 Å². The average molecular weight is 275 g/mol. The molecule has 5 heteroatoms. The maximum Gasteiger partial charge on any atom is 0.146 e. The molecule has 0 unspecified atom stereocenters. The topological polar surface area (TPSA) is 58.4 Å². The van der Waals surface area contributed by atoms with Crippen molar-refractivity contribution in [3.8, 4) is 6.07 Å². The number of hydrogen-bond donors (Lipinski definition) is 0. The number of rotatable bonds is 3. The zero-order valence-corrected chi connectivity index (χ0v) is 12.5. The van der Waals surface area contributed by atoms with E-state index in [0.717, 1.165) is 11.4 Å². The third-order valence-electron chi connectivity index (χ3n) is 3.38. The fraction of sp³-hybridized carbons (Fsp3) is 0.600. The summed E-state index contributed by atoms with van der Waals surface area (Å²) in [6.07, 6.45) is 1.73. The number of pyridine rings is 1. The Labute approximate surface area is 120 Å². The van der Waals surface area contributed by atoms with E-state index in [2.05, 4.69) is 16.0 Å². The van der Waals surface area contributed by atoms with Crippen molar-refractivity contribution in [1.29, 1.82) is 5.26 Å². The summed E-state index contributed by atoms with van der Waals surface area (Å²) in [6, 6.07) is 4.12. The quantitative estimate of drug-likeness (QED) is 0.843. The Kier molecular flexibility index (Phi) is 4.26. The van der Waals surface area contributed by atoms with Gasteiger partial charge >= 0.3 is 0 Å². The molecule has 0 aromatic carbocycles. The van der Waals surface area contributed by atoms with Crippen LogP contribution in [0, 0.1) is 18.3 Å². The highest BCUT2D eigenvalue weighted by atomic mass is 16.5. The zero-order chi connectivity index (χ0) is 14.8. The van der Waals surface area contributed by atoms with Gasteiger partial charge < -0.3 is 14.4 Å². The first kappa shape index (κ1) is 14.8. The zero-order valence-electron chi connectivity index (χ0n) is 12.5. The molecule has 1 fully saturated rings. The van der Waals surface area contributed by atoms with E-state index in [0.29, 0.717) is 25.3 Å². The second-order valence-corrected chi connectivity index (χ2v) is 5.77. The van der Waals surface area contributed by atoms with Crippen LogP contribution < -0.4 is 4.90 Å². The second-order valence-electron chi connectivity index (χ2n) is 5.77. The molecule has 1 saturated heterocycles. The molecule has 0 amide bonds. The van der Waals surface area contributed by atoms with Crippen LogP contribution in [0.2, 0.25) is 0 Å². The molecule has 1 atom stereocenters. The van der Waals surface area contributed by atoms with Crippen LogP contribution in [0.5, 0.6) is 0 Å². The molecule has 0 aliphatic carbocycles. The number of hydrogen-bond acceptors (Lipinski definition) is 5. The number of nitriles is 1. The van der Waals surface area contributed by atoms with Gasteiger partial charge in [0, 0.05) is 26.4 Å². The van der Waals surface area contributed by atoms with Gasteiger partial charge in [0.2, 0.25) is 0 Å². The number of nitrogens with zero attached hydrogens (tertiary/aromatic N) is 3. The van der Waals surface area contributed by atoms with Crippen LogP contribution in [-0.2, 0) is 9.47 Å². The Morgan fingerprint density at radius 1 is 1.60 bits per heavy atom. The van der Waals surface area contributed by atoms with Gasteiger partial charge in [0.25, 0.3) is 0 Å². The largest absolute Gasteiger partial charge is 0.382 e. The molecule has 108 valence electrons. The SMILES string of the molecule is COC[C@H]1CN(c2nccc(C)c2C#N)CC(C)(C)O1. The van der Waals surface area contributed by atoms with Crippen molar-refractivity contribution in [2.75, 3.05) is 31.7 Å². The molecular formula is C15H21N3O2. The Bertz CT molecular complexity index is 522. The summed E-state index contributed by atoms with van der Waals surface area (Å²) in [6.45, 7) is 7.95. The number of ether oxygens (including phenoxy) is 2. The summed E-state index contributed by atoms with van der Waals surface area (Å²) in [4.78, 5) is 6.52. The van der Waals surface area contributed by atoms with Crippen LogP contribution >= 0.6 is 0 Å². The summed E-state index contributed by atoms with van der Waals surface area (Å²) in [5.41, 5.74) is 1.30. The van der Waals surface area contributed by atoms with Crippen molar-refractivity contribution in [2.24, 2.45) is 0 Å². The smallest absolute Gasteiger partial charge is 0.146 e. The van der Waals surface area contributed by atoms with Gasteiger partial charge in [0.15, 0.2) is 0 Å². The van der Waals surface area contributed by atoms with E-state index in [-0.39, 0.29) is 11.7 Å². The van der Waals surface area contributed by atoms with E-state index in [1.807, 2.05) is 26.8 Å². The molecule has 0 radical (unpaired) electrons. The maximum atomic E-state index is 9.36. The van der Waals surface area contributed by atoms with E-state index < -0.39 is 0 Å². The molecule has 0 N–H and O–H groups in total. The van der Waals surface area contributed by atoms with Crippen LogP contribution in [0.15, 0.2) is 12.3 Å². The molecule has 0 saturated carbocycles. The highest BCUT2D eigenvalue weighted by molar-refractivity contribution is 5.57. The average Bonchev–Trinajstić information content (AvgIpc) is 2.37. The molecule has 0 spiro atoms. The molecule has 1 aliphatic rings. The third-order valence-corrected chi connectivity index (χ3v) is 3.38. The van der Waals surface area contributed by atoms with Crippen molar-refractivity contribution in [1.82, 2.24) is 4.98 Å². The Hall–Kier alpha value is -1.64. The van der Waals surface area contributed by atoms with Gasteiger partial charge in [-0.15, -0.1) is 0 Å². The highest BCUT2D eigenvalue weighted by Crippen LogP contribution is 2.28. The minimum Gasteiger partial charge on any atom is -0.382 e. The minimum absolute atomic E-state index is 0.0161. The lowest BCUT2D eigenvalue weighted by Crippen LogP contribution is -2.54. The summed E-state index contributed by atoms with van der Waals surface area (Å²) < 4.78 is 11.2. The molecule has 0 bridgehead atoms. The molecule has 1 aliphatic heterocycles. The number of aryl methyl sites for hydroxylation is 1. The molecule has 5 nitrogen and oxygen atoms in total. The molecule has 2 rings (SSSR count). The van der Waals surface area contributed by atoms with Crippen molar-refractivity contribution < 1.29 is 9.47 Å². The Morgan fingerprint density at radius 3 is 3.00 bits per heavy atom. The summed E-state index contributed by atoms with van der Waals surface area (Å²) in [7, 11) is 1.67. The van der Waals surface area contributed by atoms with Crippen molar-refractivity contribution >= 4 is 5.82 Å². The molecule has 20 heavy (non-hydrogen) atoms. The standard InChI is InChI=1S/C15H21N3O2/c1-11-5-6-17-14(13(11)7-16)18-8-12(9-19-4)20-15(2,3)10-18/h5-6,12H,8-10H2,1-4H3/t12-/m1/s1. The van der Waals surface area contributed by atoms with Crippen LogP contribution in [-0.4, -0.2) is 43.5 Å². The number of morpholine rings is 1. The van der Waals surface area contributed by atoms with Crippen molar-refractivity contribution in [3.05, 3.63) is 23.4 Å². The lowest BCUT2D eigenvalue weighted by Gasteiger charge is -2.43. The first-order chi connectivity index (χ1) is 9.46. The molecular weight excluding hydrogens is 254 g/mol. The maximum absolute atomic E-state index is 9.36. The first-order valence-electron chi connectivity index (χ1n) is 6.74. The number of aromatic nitrogens is 1. The minimum atomic E-state index is -0.292. The van der Waals surface area contributed by atoms with Gasteiger partial charge in [0.1, 0.15) is 11.9 Å². The van der Waals surface area contributed by atoms with Crippen LogP contribution in [0.3, 0.4) is 0 Å². The van der Waals surface area contributed by atoms with Gasteiger partial charge in [-0.2, -0.15) is 5.26 Å². The summed E-state index contributed by atoms with van der Waals surface area (Å²) in [5.74, 6) is 0.741. The van der Waals surface area contributed by atoms with Gasteiger partial charge in [-0.25, -0.2) is 4.98 Å². The normalized spacial score (nSPS) is 21.6. The predicted molar refractivity (Wildman–Crippen MR) is 76.7 cm³/mol. The predicted octanol–water partition coefficient (Wildman–Crippen LogP) is 1.89. The van der Waals surface area contributed by atoms with Crippen molar-refractivity contribution in [3.63, 3.8) is 0 Å². The van der Waals surface area contributed by atoms with E-state index in [1.165, 1.54) is 0 Å². The molecule has 1 aromatic rings. The third kappa shape index (κ3) is 3.09. The van der Waals surface area contributed by atoms with Gasteiger partial charge in [-0.1, -0.05) is 0 Å². The summed E-state index contributed by atoms with van der Waals surface area (Å²) in [5, 5.41) is 9.36. The van der Waals surface area contributed by atoms with Crippen molar-refractivity contribution in [2.45, 2.75) is 32.5 Å². The van der Waals surface area contributed by atoms with Crippen LogP contribution in [0.1, 0.15) is 25.0 Å². The van der Waals surface area contributed by atoms with E-state index >= 15 is 0 Å². The Morgan fingerprint density at radius 2 is 2.35 bits per heavy atom. The van der Waals surface area contributed by atoms with E-state index in [1.54, 1.807) is 13.3 Å². The fourth-order valence-corrected chi connectivity index (χ4v) is 2.65. The summed E-state index contributed by atoms with van der Waals surface area (Å²) >= 11 is 0. The number of anilines is 1. The Balaban J connectivity index is 2.32. The van der Waals surface area contributed by atoms with Gasteiger partial charge in [0.05, 0.1) is 23.9 Å².